The summed E-state index contributed by atoms with van der Waals surface area (Å²) in [6.45, 7) is 4.11. The Labute approximate surface area is 231 Å². The predicted molar refractivity (Wildman–Crippen MR) is 148 cm³/mol. The van der Waals surface area contributed by atoms with Gasteiger partial charge in [-0.1, -0.05) is 30.0 Å². The lowest BCUT2D eigenvalue weighted by Gasteiger charge is -2.46. The Morgan fingerprint density at radius 3 is 2.59 bits per heavy atom. The second kappa shape index (κ2) is 10.5. The van der Waals surface area contributed by atoms with E-state index in [0.29, 0.717) is 27.9 Å². The number of urea groups is 1. The van der Waals surface area contributed by atoms with E-state index in [1.165, 1.54) is 18.7 Å². The van der Waals surface area contributed by atoms with Crippen molar-refractivity contribution in [1.29, 1.82) is 0 Å². The molecule has 39 heavy (non-hydrogen) atoms. The van der Waals surface area contributed by atoms with Gasteiger partial charge in [0.15, 0.2) is 0 Å². The molecular formula is C28H32N6O4S. The summed E-state index contributed by atoms with van der Waals surface area (Å²) in [5, 5.41) is 12.7. The van der Waals surface area contributed by atoms with Gasteiger partial charge >= 0.3 is 6.03 Å². The number of carbonyl (C=O) groups is 3. The SMILES string of the molecule is CC(=O)N[C@H]1CCC[C@H]1NC(=O)C1=C2NC(=O)N(c3ccc(Oc4ccccc4)nc3C)C3CCNC(S1)C23. The average molecular weight is 549 g/mol. The van der Waals surface area contributed by atoms with Gasteiger partial charge in [-0.3, -0.25) is 14.5 Å². The molecule has 0 spiro atoms. The van der Waals surface area contributed by atoms with Crippen molar-refractivity contribution in [2.24, 2.45) is 5.92 Å². The number of carbonyl (C=O) groups excluding carboxylic acids is 3. The summed E-state index contributed by atoms with van der Waals surface area (Å²) < 4.78 is 5.88. The molecule has 4 heterocycles. The molecule has 6 rings (SSSR count). The smallest absolute Gasteiger partial charge is 0.326 e. The van der Waals surface area contributed by atoms with E-state index in [0.717, 1.165) is 37.9 Å². The van der Waals surface area contributed by atoms with Gasteiger partial charge in [-0.15, -0.1) is 0 Å². The highest BCUT2D eigenvalue weighted by atomic mass is 32.2. The fourth-order valence-corrected chi connectivity index (χ4v) is 7.55. The number of aryl methyl sites for hydroxylation is 1. The zero-order chi connectivity index (χ0) is 27.1. The summed E-state index contributed by atoms with van der Waals surface area (Å²) in [6.07, 6.45) is 3.35. The summed E-state index contributed by atoms with van der Waals surface area (Å²) in [5.41, 5.74) is 2.10. The lowest BCUT2D eigenvalue weighted by atomic mass is 9.86. The van der Waals surface area contributed by atoms with E-state index in [-0.39, 0.29) is 47.3 Å². The van der Waals surface area contributed by atoms with Crippen LogP contribution in [-0.4, -0.2) is 52.9 Å². The number of nitrogens with zero attached hydrogens (tertiary/aromatic N) is 2. The van der Waals surface area contributed by atoms with Crippen molar-refractivity contribution < 1.29 is 19.1 Å². The summed E-state index contributed by atoms with van der Waals surface area (Å²) in [4.78, 5) is 45.6. The molecule has 3 fully saturated rings. The normalized spacial score (nSPS) is 27.6. The van der Waals surface area contributed by atoms with Gasteiger partial charge in [0.2, 0.25) is 11.8 Å². The fraction of sp³-hybridized carbons (Fsp3) is 0.429. The summed E-state index contributed by atoms with van der Waals surface area (Å²) in [7, 11) is 0. The van der Waals surface area contributed by atoms with E-state index in [1.54, 1.807) is 11.0 Å². The Morgan fingerprint density at radius 2 is 1.85 bits per heavy atom. The van der Waals surface area contributed by atoms with Crippen molar-refractivity contribution in [1.82, 2.24) is 26.3 Å². The third-order valence-corrected chi connectivity index (χ3v) is 9.18. The number of aromatic nitrogens is 1. The standard InChI is InChI=1S/C28H32N6O4S/c1-15-20(11-12-22(30-15)38-17-7-4-3-5-8-17)34-21-13-14-29-27-23(21)24(33-28(34)37)25(39-27)26(36)32-19-10-6-9-18(19)31-16(2)35/h3-5,7-8,11-12,18-19,21,23,27,29H,6,9-10,13-14H2,1-2H3,(H,31,35)(H,32,36)(H,33,37)/t18-,19+,21?,23?,27?/m0/s1. The zero-order valence-corrected chi connectivity index (χ0v) is 22.7. The maximum atomic E-state index is 13.6. The Hall–Kier alpha value is -3.57. The number of pyridine rings is 1. The number of benzene rings is 1. The van der Waals surface area contributed by atoms with E-state index in [1.807, 2.05) is 43.3 Å². The van der Waals surface area contributed by atoms with Gasteiger partial charge in [-0.05, 0) is 57.4 Å². The summed E-state index contributed by atoms with van der Waals surface area (Å²) >= 11 is 1.48. The van der Waals surface area contributed by atoms with Crippen LogP contribution in [0.25, 0.3) is 0 Å². The van der Waals surface area contributed by atoms with Gasteiger partial charge in [0.25, 0.3) is 5.91 Å². The Balaban J connectivity index is 1.23. The number of ether oxygens (including phenoxy) is 1. The highest BCUT2D eigenvalue weighted by Gasteiger charge is 2.52. The molecule has 10 nitrogen and oxygen atoms in total. The first-order valence-electron chi connectivity index (χ1n) is 13.4. The highest BCUT2D eigenvalue weighted by Crippen LogP contribution is 2.48. The summed E-state index contributed by atoms with van der Waals surface area (Å²) in [6, 6.07) is 12.5. The van der Waals surface area contributed by atoms with Crippen molar-refractivity contribution in [2.45, 2.75) is 63.0 Å². The molecule has 2 aromatic rings. The first-order chi connectivity index (χ1) is 18.9. The van der Waals surface area contributed by atoms with Gasteiger partial charge in [-0.2, -0.15) is 0 Å². The monoisotopic (exact) mass is 548 g/mol. The van der Waals surface area contributed by atoms with Crippen molar-refractivity contribution in [3.8, 4) is 11.6 Å². The van der Waals surface area contributed by atoms with Crippen LogP contribution in [0.1, 0.15) is 38.3 Å². The van der Waals surface area contributed by atoms with Crippen molar-refractivity contribution >= 4 is 35.3 Å². The van der Waals surface area contributed by atoms with Crippen LogP contribution in [0.15, 0.2) is 53.1 Å². The van der Waals surface area contributed by atoms with Crippen LogP contribution >= 0.6 is 11.8 Å². The first-order valence-corrected chi connectivity index (χ1v) is 14.3. The van der Waals surface area contributed by atoms with E-state index >= 15 is 0 Å². The Kier molecular flexibility index (Phi) is 6.94. The molecule has 1 aliphatic carbocycles. The molecule has 3 aliphatic heterocycles. The number of rotatable bonds is 6. The van der Waals surface area contributed by atoms with Gasteiger partial charge in [0.1, 0.15) is 5.75 Å². The number of hydrogen-bond acceptors (Lipinski definition) is 7. The fourth-order valence-electron chi connectivity index (χ4n) is 6.15. The molecule has 0 radical (unpaired) electrons. The number of thioether (sulfide) groups is 1. The highest BCUT2D eigenvalue weighted by molar-refractivity contribution is 8.04. The largest absolute Gasteiger partial charge is 0.439 e. The van der Waals surface area contributed by atoms with E-state index < -0.39 is 0 Å². The van der Waals surface area contributed by atoms with Crippen LogP contribution in [0.5, 0.6) is 11.6 Å². The van der Waals surface area contributed by atoms with Crippen molar-refractivity contribution in [2.75, 3.05) is 11.4 Å². The van der Waals surface area contributed by atoms with Gasteiger partial charge in [0, 0.05) is 36.7 Å². The molecule has 204 valence electrons. The number of nitrogens with one attached hydrogen (secondary N) is 4. The molecule has 4 aliphatic rings. The number of amides is 4. The second-order valence-corrected chi connectivity index (χ2v) is 11.6. The predicted octanol–water partition coefficient (Wildman–Crippen LogP) is 3.15. The lowest BCUT2D eigenvalue weighted by molar-refractivity contribution is -0.121. The number of anilines is 1. The molecule has 5 atom stereocenters. The van der Waals surface area contributed by atoms with Crippen LogP contribution in [0.3, 0.4) is 0 Å². The third kappa shape index (κ3) is 4.96. The molecule has 11 heteroatoms. The quantitative estimate of drug-likeness (QED) is 0.437. The van der Waals surface area contributed by atoms with E-state index in [4.69, 9.17) is 4.74 Å². The minimum Gasteiger partial charge on any atom is -0.439 e. The van der Waals surface area contributed by atoms with Crippen LogP contribution in [0, 0.1) is 12.8 Å². The number of hydrogen-bond donors (Lipinski definition) is 4. The first kappa shape index (κ1) is 25.7. The van der Waals surface area contributed by atoms with Crippen molar-refractivity contribution in [3.05, 3.63) is 58.8 Å². The van der Waals surface area contributed by atoms with Gasteiger partial charge in [-0.25, -0.2) is 9.78 Å². The Bertz CT molecular complexity index is 1330. The van der Waals surface area contributed by atoms with Crippen LogP contribution in [0.2, 0.25) is 0 Å². The minimum absolute atomic E-state index is 0.0220. The molecule has 4 amide bonds. The van der Waals surface area contributed by atoms with Crippen LogP contribution in [-0.2, 0) is 9.59 Å². The molecule has 1 saturated carbocycles. The molecule has 1 aromatic heterocycles. The van der Waals surface area contributed by atoms with E-state index in [2.05, 4.69) is 26.3 Å². The Morgan fingerprint density at radius 1 is 1.08 bits per heavy atom. The zero-order valence-electron chi connectivity index (χ0n) is 21.9. The van der Waals surface area contributed by atoms with Crippen LogP contribution in [0.4, 0.5) is 10.5 Å². The molecular weight excluding hydrogens is 516 g/mol. The second-order valence-electron chi connectivity index (χ2n) is 10.4. The van der Waals surface area contributed by atoms with Gasteiger partial charge < -0.3 is 26.0 Å². The van der Waals surface area contributed by atoms with Crippen LogP contribution < -0.4 is 30.9 Å². The van der Waals surface area contributed by atoms with Gasteiger partial charge in [0.05, 0.1) is 27.7 Å². The molecule has 0 bridgehead atoms. The topological polar surface area (TPSA) is 125 Å². The summed E-state index contributed by atoms with van der Waals surface area (Å²) in [5.74, 6) is 0.806. The molecule has 2 saturated heterocycles. The molecule has 3 unspecified atom stereocenters. The number of para-hydroxylation sites is 1. The van der Waals surface area contributed by atoms with Crippen molar-refractivity contribution in [3.63, 3.8) is 0 Å². The third-order valence-electron chi connectivity index (χ3n) is 7.83. The lowest BCUT2D eigenvalue weighted by Crippen LogP contribution is -2.62. The average Bonchev–Trinajstić information content (AvgIpc) is 3.50. The number of piperidine rings is 1. The maximum absolute atomic E-state index is 13.6. The van der Waals surface area contributed by atoms with E-state index in [9.17, 15) is 14.4 Å². The molecule has 1 aromatic carbocycles. The maximum Gasteiger partial charge on any atom is 0.326 e. The minimum atomic E-state index is -0.265. The molecule has 4 N–H and O–H groups in total.